The summed E-state index contributed by atoms with van der Waals surface area (Å²) in [6, 6.07) is 7.91. The van der Waals surface area contributed by atoms with Gasteiger partial charge in [-0.1, -0.05) is 39.0 Å². The van der Waals surface area contributed by atoms with Gasteiger partial charge in [0, 0.05) is 12.0 Å². The predicted octanol–water partition coefficient (Wildman–Crippen LogP) is 3.34. The Bertz CT molecular complexity index is 632. The molecule has 1 N–H and O–H groups in total. The second-order valence-electron chi connectivity index (χ2n) is 5.92. The van der Waals surface area contributed by atoms with Gasteiger partial charge in [-0.15, -0.1) is 10.2 Å². The second kappa shape index (κ2) is 6.08. The molecule has 2 aromatic rings. The zero-order valence-electron chi connectivity index (χ0n) is 12.6. The van der Waals surface area contributed by atoms with Crippen LogP contribution in [0.25, 0.3) is 11.5 Å². The minimum Gasteiger partial charge on any atom is -0.481 e. The first-order valence-electron chi connectivity index (χ1n) is 7.04. The van der Waals surface area contributed by atoms with E-state index < -0.39 is 11.4 Å². The largest absolute Gasteiger partial charge is 0.481 e. The van der Waals surface area contributed by atoms with Gasteiger partial charge in [0.05, 0.1) is 6.42 Å². The van der Waals surface area contributed by atoms with Crippen LogP contribution in [0.5, 0.6) is 0 Å². The SMILES string of the molecule is CCc1ccccc1-c1nnc(CC(C)(C)CC(=O)O)o1. The van der Waals surface area contributed by atoms with Crippen LogP contribution in [0.4, 0.5) is 0 Å². The van der Waals surface area contributed by atoms with Crippen LogP contribution in [0.2, 0.25) is 0 Å². The molecule has 0 bridgehead atoms. The molecule has 0 amide bonds. The van der Waals surface area contributed by atoms with Crippen LogP contribution in [0.15, 0.2) is 28.7 Å². The van der Waals surface area contributed by atoms with Crippen molar-refractivity contribution < 1.29 is 14.3 Å². The first kappa shape index (κ1) is 15.2. The molecule has 1 aromatic carbocycles. The van der Waals surface area contributed by atoms with Gasteiger partial charge < -0.3 is 9.52 Å². The lowest BCUT2D eigenvalue weighted by molar-refractivity contribution is -0.139. The van der Waals surface area contributed by atoms with Gasteiger partial charge >= 0.3 is 5.97 Å². The van der Waals surface area contributed by atoms with Crippen molar-refractivity contribution in [3.8, 4) is 11.5 Å². The van der Waals surface area contributed by atoms with Crippen LogP contribution in [0.1, 0.15) is 38.6 Å². The quantitative estimate of drug-likeness (QED) is 0.882. The van der Waals surface area contributed by atoms with Crippen LogP contribution in [-0.4, -0.2) is 21.3 Å². The lowest BCUT2D eigenvalue weighted by Crippen LogP contribution is -2.19. The number of aromatic nitrogens is 2. The first-order valence-corrected chi connectivity index (χ1v) is 7.04. The molecule has 0 aliphatic carbocycles. The maximum absolute atomic E-state index is 10.8. The Morgan fingerprint density at radius 2 is 2.00 bits per heavy atom. The van der Waals surface area contributed by atoms with Crippen LogP contribution in [0.3, 0.4) is 0 Å². The molecular weight excluding hydrogens is 268 g/mol. The third-order valence-electron chi connectivity index (χ3n) is 3.36. The van der Waals surface area contributed by atoms with E-state index in [0.29, 0.717) is 18.2 Å². The van der Waals surface area contributed by atoms with E-state index in [-0.39, 0.29) is 6.42 Å². The highest BCUT2D eigenvalue weighted by atomic mass is 16.4. The average molecular weight is 288 g/mol. The first-order chi connectivity index (χ1) is 9.91. The third kappa shape index (κ3) is 3.90. The summed E-state index contributed by atoms with van der Waals surface area (Å²) in [5, 5.41) is 17.1. The summed E-state index contributed by atoms with van der Waals surface area (Å²) in [5.41, 5.74) is 1.67. The van der Waals surface area contributed by atoms with Crippen molar-refractivity contribution in [1.82, 2.24) is 10.2 Å². The molecule has 0 unspecified atom stereocenters. The zero-order chi connectivity index (χ0) is 15.5. The fourth-order valence-corrected chi connectivity index (χ4v) is 2.35. The van der Waals surface area contributed by atoms with Crippen molar-refractivity contribution in [3.63, 3.8) is 0 Å². The van der Waals surface area contributed by atoms with Crippen LogP contribution >= 0.6 is 0 Å². The van der Waals surface area contributed by atoms with E-state index in [0.717, 1.165) is 17.5 Å². The van der Waals surface area contributed by atoms with Crippen molar-refractivity contribution in [1.29, 1.82) is 0 Å². The number of carbonyl (C=O) groups is 1. The fraction of sp³-hybridized carbons (Fsp3) is 0.438. The number of nitrogens with zero attached hydrogens (tertiary/aromatic N) is 2. The zero-order valence-corrected chi connectivity index (χ0v) is 12.6. The molecule has 1 aromatic heterocycles. The number of carboxylic acids is 1. The molecule has 5 nitrogen and oxygen atoms in total. The van der Waals surface area contributed by atoms with Gasteiger partial charge in [-0.25, -0.2) is 0 Å². The van der Waals surface area contributed by atoms with E-state index in [4.69, 9.17) is 9.52 Å². The van der Waals surface area contributed by atoms with Gasteiger partial charge in [-0.3, -0.25) is 4.79 Å². The lowest BCUT2D eigenvalue weighted by atomic mass is 9.86. The van der Waals surface area contributed by atoms with Crippen LogP contribution in [-0.2, 0) is 17.6 Å². The van der Waals surface area contributed by atoms with Gasteiger partial charge in [0.1, 0.15) is 0 Å². The van der Waals surface area contributed by atoms with Crippen molar-refractivity contribution in [2.75, 3.05) is 0 Å². The normalized spacial score (nSPS) is 11.6. The highest BCUT2D eigenvalue weighted by Crippen LogP contribution is 2.28. The number of carboxylic acid groups (broad SMARTS) is 1. The molecule has 0 aliphatic rings. The maximum Gasteiger partial charge on any atom is 0.303 e. The third-order valence-corrected chi connectivity index (χ3v) is 3.36. The Hall–Kier alpha value is -2.17. The van der Waals surface area contributed by atoms with Gasteiger partial charge in [0.15, 0.2) is 0 Å². The molecule has 0 aliphatic heterocycles. The number of benzene rings is 1. The molecule has 0 saturated heterocycles. The minimum atomic E-state index is -0.823. The van der Waals surface area contributed by atoms with Crippen LogP contribution in [0, 0.1) is 5.41 Å². The van der Waals surface area contributed by atoms with Gasteiger partial charge in [-0.05, 0) is 23.5 Å². The summed E-state index contributed by atoms with van der Waals surface area (Å²) in [7, 11) is 0. The number of rotatable bonds is 6. The smallest absolute Gasteiger partial charge is 0.303 e. The summed E-state index contributed by atoms with van der Waals surface area (Å²) >= 11 is 0. The molecule has 112 valence electrons. The summed E-state index contributed by atoms with van der Waals surface area (Å²) in [6.45, 7) is 5.84. The van der Waals surface area contributed by atoms with E-state index in [9.17, 15) is 4.79 Å². The van der Waals surface area contributed by atoms with E-state index in [1.165, 1.54) is 0 Å². The number of aryl methyl sites for hydroxylation is 1. The monoisotopic (exact) mass is 288 g/mol. The Morgan fingerprint density at radius 1 is 1.29 bits per heavy atom. The molecule has 0 spiro atoms. The summed E-state index contributed by atoms with van der Waals surface area (Å²) < 4.78 is 5.71. The molecule has 5 heteroatoms. The second-order valence-corrected chi connectivity index (χ2v) is 5.92. The fourth-order valence-electron chi connectivity index (χ4n) is 2.35. The van der Waals surface area contributed by atoms with Crippen molar-refractivity contribution >= 4 is 5.97 Å². The number of hydrogen-bond acceptors (Lipinski definition) is 4. The molecule has 21 heavy (non-hydrogen) atoms. The molecule has 0 fully saturated rings. The molecule has 0 atom stereocenters. The molecule has 1 heterocycles. The van der Waals surface area contributed by atoms with Gasteiger partial charge in [0.25, 0.3) is 0 Å². The number of hydrogen-bond donors (Lipinski definition) is 1. The van der Waals surface area contributed by atoms with E-state index in [1.54, 1.807) is 0 Å². The van der Waals surface area contributed by atoms with E-state index >= 15 is 0 Å². The highest BCUT2D eigenvalue weighted by Gasteiger charge is 2.25. The van der Waals surface area contributed by atoms with Crippen molar-refractivity contribution in [2.45, 2.75) is 40.0 Å². The minimum absolute atomic E-state index is 0.0657. The van der Waals surface area contributed by atoms with Crippen molar-refractivity contribution in [3.05, 3.63) is 35.7 Å². The summed E-state index contributed by atoms with van der Waals surface area (Å²) in [6.07, 6.45) is 1.40. The Kier molecular flexibility index (Phi) is 4.40. The van der Waals surface area contributed by atoms with Crippen molar-refractivity contribution in [2.24, 2.45) is 5.41 Å². The van der Waals surface area contributed by atoms with Crippen LogP contribution < -0.4 is 0 Å². The van der Waals surface area contributed by atoms with Gasteiger partial charge in [0.2, 0.25) is 11.8 Å². The topological polar surface area (TPSA) is 76.2 Å². The molecule has 0 radical (unpaired) electrons. The van der Waals surface area contributed by atoms with E-state index in [1.807, 2.05) is 38.1 Å². The Morgan fingerprint density at radius 3 is 2.67 bits per heavy atom. The molecule has 2 rings (SSSR count). The maximum atomic E-state index is 10.8. The molecular formula is C16H20N2O3. The Balaban J connectivity index is 2.20. The summed E-state index contributed by atoms with van der Waals surface area (Å²) in [4.78, 5) is 10.8. The highest BCUT2D eigenvalue weighted by molar-refractivity contribution is 5.67. The van der Waals surface area contributed by atoms with E-state index in [2.05, 4.69) is 17.1 Å². The van der Waals surface area contributed by atoms with Gasteiger partial charge in [-0.2, -0.15) is 0 Å². The summed E-state index contributed by atoms with van der Waals surface area (Å²) in [5.74, 6) is 0.145. The number of aliphatic carboxylic acids is 1. The Labute approximate surface area is 124 Å². The average Bonchev–Trinajstić information content (AvgIpc) is 2.84. The lowest BCUT2D eigenvalue weighted by Gasteiger charge is -2.19. The molecule has 0 saturated carbocycles. The predicted molar refractivity (Wildman–Crippen MR) is 78.8 cm³/mol. The standard InChI is InChI=1S/C16H20N2O3/c1-4-11-7-5-6-8-12(11)15-18-17-13(21-15)9-16(2,3)10-14(19)20/h5-8H,4,9-10H2,1-3H3,(H,19,20).